The number of ketones is 2. The molecule has 0 aromatic heterocycles. The zero-order valence-electron chi connectivity index (χ0n) is 11.4. The van der Waals surface area contributed by atoms with E-state index in [-0.39, 0.29) is 24.8 Å². The lowest BCUT2D eigenvalue weighted by molar-refractivity contribution is -0.189. The minimum atomic E-state index is -1.32. The van der Waals surface area contributed by atoms with Crippen LogP contribution < -0.4 is 0 Å². The molecule has 20 heavy (non-hydrogen) atoms. The predicted octanol–water partition coefficient (Wildman–Crippen LogP) is -1.99. The molecule has 1 heterocycles. The summed E-state index contributed by atoms with van der Waals surface area (Å²) in [5.41, 5.74) is 0. The SMILES string of the molecule is CC(=O)CO[C@H]1O[C@H]([C@H](O)CO)[C@@H](O)[C@H]1OCC(C)=O. The summed E-state index contributed by atoms with van der Waals surface area (Å²) in [6, 6.07) is 0. The monoisotopic (exact) mass is 292 g/mol. The standard InChI is InChI=1S/C12H20O8/c1-6(14)4-18-11-9(17)10(8(16)3-13)20-12(11)19-5-7(2)15/h8-13,16-17H,3-5H2,1-2H3/t8-,9-,10-,11-,12+/m1/s1. The van der Waals surface area contributed by atoms with Crippen LogP contribution in [0.5, 0.6) is 0 Å². The van der Waals surface area contributed by atoms with Gasteiger partial charge < -0.3 is 29.5 Å². The summed E-state index contributed by atoms with van der Waals surface area (Å²) < 4.78 is 15.6. The number of ether oxygens (including phenoxy) is 3. The van der Waals surface area contributed by atoms with E-state index in [0.29, 0.717) is 0 Å². The molecule has 1 rings (SSSR count). The van der Waals surface area contributed by atoms with Gasteiger partial charge in [-0.3, -0.25) is 9.59 Å². The Morgan fingerprint density at radius 3 is 2.25 bits per heavy atom. The van der Waals surface area contributed by atoms with Gasteiger partial charge in [-0.15, -0.1) is 0 Å². The molecule has 1 aliphatic heterocycles. The van der Waals surface area contributed by atoms with Gasteiger partial charge in [0.05, 0.1) is 6.61 Å². The van der Waals surface area contributed by atoms with Crippen molar-refractivity contribution in [3.05, 3.63) is 0 Å². The summed E-state index contributed by atoms with van der Waals surface area (Å²) in [7, 11) is 0. The van der Waals surface area contributed by atoms with Crippen LogP contribution in [0.3, 0.4) is 0 Å². The molecule has 1 fully saturated rings. The maximum atomic E-state index is 10.9. The molecule has 0 spiro atoms. The molecule has 0 bridgehead atoms. The average molecular weight is 292 g/mol. The van der Waals surface area contributed by atoms with Crippen LogP contribution in [0.25, 0.3) is 0 Å². The molecule has 1 saturated heterocycles. The van der Waals surface area contributed by atoms with Gasteiger partial charge in [0, 0.05) is 0 Å². The third-order valence-corrected chi connectivity index (χ3v) is 2.73. The lowest BCUT2D eigenvalue weighted by Crippen LogP contribution is -2.42. The van der Waals surface area contributed by atoms with Crippen molar-refractivity contribution in [2.24, 2.45) is 0 Å². The Morgan fingerprint density at radius 1 is 1.20 bits per heavy atom. The molecule has 0 saturated carbocycles. The van der Waals surface area contributed by atoms with Gasteiger partial charge in [0.15, 0.2) is 17.9 Å². The highest BCUT2D eigenvalue weighted by Crippen LogP contribution is 2.27. The number of carbonyl (C=O) groups is 2. The fourth-order valence-corrected chi connectivity index (χ4v) is 1.81. The molecule has 0 aliphatic carbocycles. The first-order valence-electron chi connectivity index (χ1n) is 6.21. The number of aliphatic hydroxyl groups excluding tert-OH is 3. The highest BCUT2D eigenvalue weighted by atomic mass is 16.7. The van der Waals surface area contributed by atoms with E-state index in [2.05, 4.69) is 0 Å². The Morgan fingerprint density at radius 2 is 1.75 bits per heavy atom. The molecule has 5 atom stereocenters. The van der Waals surface area contributed by atoms with Crippen LogP contribution in [-0.2, 0) is 23.8 Å². The first-order valence-corrected chi connectivity index (χ1v) is 6.21. The van der Waals surface area contributed by atoms with Gasteiger partial charge in [0.2, 0.25) is 0 Å². The van der Waals surface area contributed by atoms with Crippen molar-refractivity contribution in [3.63, 3.8) is 0 Å². The average Bonchev–Trinajstić information content (AvgIpc) is 2.69. The first kappa shape index (κ1) is 17.2. The van der Waals surface area contributed by atoms with Gasteiger partial charge in [-0.2, -0.15) is 0 Å². The lowest BCUT2D eigenvalue weighted by Gasteiger charge is -2.20. The number of hydrogen-bond donors (Lipinski definition) is 3. The number of hydrogen-bond acceptors (Lipinski definition) is 8. The van der Waals surface area contributed by atoms with Crippen LogP contribution in [0.4, 0.5) is 0 Å². The van der Waals surface area contributed by atoms with Crippen molar-refractivity contribution in [1.82, 2.24) is 0 Å². The minimum absolute atomic E-state index is 0.250. The van der Waals surface area contributed by atoms with E-state index in [9.17, 15) is 19.8 Å². The Labute approximate surface area is 116 Å². The summed E-state index contributed by atoms with van der Waals surface area (Å²) >= 11 is 0. The third kappa shape index (κ3) is 4.58. The molecule has 0 aromatic rings. The van der Waals surface area contributed by atoms with E-state index in [1.54, 1.807) is 0 Å². The number of Topliss-reactive ketones (excluding diaryl/α,β-unsaturated/α-hetero) is 2. The summed E-state index contributed by atoms with van der Waals surface area (Å²) in [5, 5.41) is 28.4. The van der Waals surface area contributed by atoms with Gasteiger partial charge in [-0.1, -0.05) is 0 Å². The molecule has 0 amide bonds. The van der Waals surface area contributed by atoms with Crippen molar-refractivity contribution in [3.8, 4) is 0 Å². The summed E-state index contributed by atoms with van der Waals surface area (Å²) in [6.45, 7) is 1.51. The van der Waals surface area contributed by atoms with Crippen LogP contribution in [0.2, 0.25) is 0 Å². The molecular weight excluding hydrogens is 272 g/mol. The van der Waals surface area contributed by atoms with Crippen LogP contribution in [-0.4, -0.2) is 77.4 Å². The van der Waals surface area contributed by atoms with E-state index in [4.69, 9.17) is 19.3 Å². The molecular formula is C12H20O8. The van der Waals surface area contributed by atoms with Crippen molar-refractivity contribution >= 4 is 11.6 Å². The second-order valence-electron chi connectivity index (χ2n) is 4.70. The number of aliphatic hydroxyl groups is 3. The summed E-state index contributed by atoms with van der Waals surface area (Å²) in [6.07, 6.45) is -5.84. The van der Waals surface area contributed by atoms with E-state index in [1.807, 2.05) is 0 Å². The van der Waals surface area contributed by atoms with E-state index < -0.39 is 37.3 Å². The van der Waals surface area contributed by atoms with Crippen LogP contribution >= 0.6 is 0 Å². The Bertz CT molecular complexity index is 344. The van der Waals surface area contributed by atoms with Gasteiger partial charge in [0.1, 0.15) is 37.6 Å². The molecule has 3 N–H and O–H groups in total. The molecule has 8 nitrogen and oxygen atoms in total. The lowest BCUT2D eigenvalue weighted by atomic mass is 10.1. The fraction of sp³-hybridized carbons (Fsp3) is 0.833. The van der Waals surface area contributed by atoms with E-state index in [0.717, 1.165) is 0 Å². The van der Waals surface area contributed by atoms with E-state index >= 15 is 0 Å². The topological polar surface area (TPSA) is 123 Å². The van der Waals surface area contributed by atoms with Crippen molar-refractivity contribution < 1.29 is 39.1 Å². The van der Waals surface area contributed by atoms with Crippen molar-refractivity contribution in [1.29, 1.82) is 0 Å². The minimum Gasteiger partial charge on any atom is -0.394 e. The molecule has 1 aliphatic rings. The fourth-order valence-electron chi connectivity index (χ4n) is 1.81. The maximum absolute atomic E-state index is 10.9. The van der Waals surface area contributed by atoms with Crippen LogP contribution in [0.1, 0.15) is 13.8 Å². The van der Waals surface area contributed by atoms with Gasteiger partial charge in [0.25, 0.3) is 0 Å². The number of rotatable bonds is 8. The maximum Gasteiger partial charge on any atom is 0.187 e. The van der Waals surface area contributed by atoms with Crippen molar-refractivity contribution in [2.45, 2.75) is 44.6 Å². The molecule has 116 valence electrons. The van der Waals surface area contributed by atoms with E-state index in [1.165, 1.54) is 13.8 Å². The second-order valence-corrected chi connectivity index (χ2v) is 4.70. The molecule has 0 radical (unpaired) electrons. The Hall–Kier alpha value is -0.900. The quantitative estimate of drug-likeness (QED) is 0.470. The Balaban J connectivity index is 2.71. The van der Waals surface area contributed by atoms with Gasteiger partial charge >= 0.3 is 0 Å². The molecule has 0 aromatic carbocycles. The first-order chi connectivity index (χ1) is 9.36. The Kier molecular flexibility index (Phi) is 6.66. The third-order valence-electron chi connectivity index (χ3n) is 2.73. The van der Waals surface area contributed by atoms with Crippen molar-refractivity contribution in [2.75, 3.05) is 19.8 Å². The van der Waals surface area contributed by atoms with Crippen LogP contribution in [0, 0.1) is 0 Å². The largest absolute Gasteiger partial charge is 0.394 e. The van der Waals surface area contributed by atoms with Gasteiger partial charge in [-0.25, -0.2) is 0 Å². The summed E-state index contributed by atoms with van der Waals surface area (Å²) in [4.78, 5) is 21.8. The number of carbonyl (C=O) groups excluding carboxylic acids is 2. The second kappa shape index (κ2) is 7.77. The zero-order valence-corrected chi connectivity index (χ0v) is 11.4. The smallest absolute Gasteiger partial charge is 0.187 e. The highest BCUT2D eigenvalue weighted by molar-refractivity contribution is 5.77. The molecule has 8 heteroatoms. The molecule has 0 unspecified atom stereocenters. The highest BCUT2D eigenvalue weighted by Gasteiger charge is 2.48. The van der Waals surface area contributed by atoms with Crippen LogP contribution in [0.15, 0.2) is 0 Å². The summed E-state index contributed by atoms with van der Waals surface area (Å²) in [5.74, 6) is -0.506. The zero-order chi connectivity index (χ0) is 15.3. The van der Waals surface area contributed by atoms with Gasteiger partial charge in [-0.05, 0) is 13.8 Å². The predicted molar refractivity (Wildman–Crippen MR) is 64.8 cm³/mol. The normalized spacial score (nSPS) is 31.2.